The highest BCUT2D eigenvalue weighted by atomic mass is 32.2. The van der Waals surface area contributed by atoms with Crippen molar-refractivity contribution in [3.05, 3.63) is 23.8 Å². The van der Waals surface area contributed by atoms with E-state index < -0.39 is 15.9 Å². The monoisotopic (exact) mass is 301 g/mol. The third-order valence-corrected chi connectivity index (χ3v) is 4.68. The molecule has 2 rings (SSSR count). The van der Waals surface area contributed by atoms with Crippen molar-refractivity contribution in [2.45, 2.75) is 6.04 Å². The topological polar surface area (TPSA) is 87.9 Å². The van der Waals surface area contributed by atoms with Gasteiger partial charge in [0, 0.05) is 13.2 Å². The Bertz CT molecular complexity index is 558. The highest BCUT2D eigenvalue weighted by Gasteiger charge is 2.20. The van der Waals surface area contributed by atoms with Gasteiger partial charge in [0.15, 0.2) is 21.3 Å². The number of hydrogen-bond acceptors (Lipinski definition) is 6. The summed E-state index contributed by atoms with van der Waals surface area (Å²) in [7, 11) is -1.77. The fraction of sp³-hybridized carbons (Fsp3) is 0.538. The molecular formula is C13H19NO5S. The van der Waals surface area contributed by atoms with Gasteiger partial charge in [-0.15, -0.1) is 0 Å². The molecule has 1 atom stereocenters. The van der Waals surface area contributed by atoms with Crippen LogP contribution in [0.25, 0.3) is 0 Å². The van der Waals surface area contributed by atoms with Crippen LogP contribution in [0.4, 0.5) is 0 Å². The summed E-state index contributed by atoms with van der Waals surface area (Å²) in [5.41, 5.74) is 6.69. The highest BCUT2D eigenvalue weighted by Crippen LogP contribution is 2.32. The van der Waals surface area contributed by atoms with E-state index in [0.717, 1.165) is 5.56 Å². The molecule has 6 nitrogen and oxygen atoms in total. The average Bonchev–Trinajstić information content (AvgIpc) is 2.44. The van der Waals surface area contributed by atoms with Crippen molar-refractivity contribution in [2.24, 2.45) is 5.73 Å². The molecule has 1 aliphatic heterocycles. The first-order valence-corrected chi connectivity index (χ1v) is 8.18. The predicted molar refractivity (Wildman–Crippen MR) is 74.9 cm³/mol. The molecule has 1 unspecified atom stereocenters. The molecule has 1 aromatic rings. The Morgan fingerprint density at radius 3 is 2.70 bits per heavy atom. The third kappa shape index (κ3) is 3.84. The summed E-state index contributed by atoms with van der Waals surface area (Å²) in [5.74, 6) is 1.13. The van der Waals surface area contributed by atoms with Crippen LogP contribution in [0.2, 0.25) is 0 Å². The Hall–Kier alpha value is -1.31. The molecule has 0 spiro atoms. The van der Waals surface area contributed by atoms with Gasteiger partial charge in [-0.3, -0.25) is 0 Å². The maximum atomic E-state index is 11.8. The third-order valence-electron chi connectivity index (χ3n) is 3.03. The minimum atomic E-state index is -3.23. The van der Waals surface area contributed by atoms with Crippen LogP contribution in [-0.2, 0) is 14.6 Å². The molecular weight excluding hydrogens is 282 g/mol. The van der Waals surface area contributed by atoms with E-state index in [1.54, 1.807) is 18.2 Å². The molecule has 0 bridgehead atoms. The lowest BCUT2D eigenvalue weighted by atomic mass is 10.1. The lowest BCUT2D eigenvalue weighted by Crippen LogP contribution is -2.25. The van der Waals surface area contributed by atoms with Gasteiger partial charge in [0.1, 0.15) is 13.2 Å². The first kappa shape index (κ1) is 15.1. The van der Waals surface area contributed by atoms with Crippen molar-refractivity contribution in [3.63, 3.8) is 0 Å². The van der Waals surface area contributed by atoms with E-state index in [1.807, 2.05) is 0 Å². The number of methoxy groups -OCH3 is 1. The van der Waals surface area contributed by atoms with E-state index in [0.29, 0.717) is 24.7 Å². The van der Waals surface area contributed by atoms with Crippen LogP contribution >= 0.6 is 0 Å². The Morgan fingerprint density at radius 2 is 2.00 bits per heavy atom. The van der Waals surface area contributed by atoms with E-state index in [2.05, 4.69) is 0 Å². The molecule has 0 saturated carbocycles. The molecule has 1 aliphatic rings. The van der Waals surface area contributed by atoms with Crippen molar-refractivity contribution in [1.82, 2.24) is 0 Å². The summed E-state index contributed by atoms with van der Waals surface area (Å²) >= 11 is 0. The fourth-order valence-electron chi connectivity index (χ4n) is 1.95. The molecule has 0 radical (unpaired) electrons. The SMILES string of the molecule is COCCS(=O)(=O)CC(N)c1ccc2c(c1)OCCO2. The number of fused-ring (bicyclic) bond motifs is 1. The molecule has 0 aromatic heterocycles. The van der Waals surface area contributed by atoms with Gasteiger partial charge in [-0.1, -0.05) is 6.07 Å². The summed E-state index contributed by atoms with van der Waals surface area (Å²) in [6, 6.07) is 4.67. The van der Waals surface area contributed by atoms with Crippen LogP contribution in [0.5, 0.6) is 11.5 Å². The van der Waals surface area contributed by atoms with Crippen molar-refractivity contribution in [1.29, 1.82) is 0 Å². The van der Waals surface area contributed by atoms with Crippen LogP contribution in [0, 0.1) is 0 Å². The molecule has 0 amide bonds. The standard InChI is InChI=1S/C13H19NO5S/c1-17-6-7-20(15,16)9-11(14)10-2-3-12-13(8-10)19-5-4-18-12/h2-3,8,11H,4-7,9,14H2,1H3. The van der Waals surface area contributed by atoms with Crippen LogP contribution in [-0.4, -0.2) is 46.9 Å². The Labute approximate surface area is 118 Å². The van der Waals surface area contributed by atoms with Gasteiger partial charge in [0.05, 0.1) is 18.1 Å². The van der Waals surface area contributed by atoms with E-state index in [9.17, 15) is 8.42 Å². The summed E-state index contributed by atoms with van der Waals surface area (Å²) in [5, 5.41) is 0. The first-order valence-electron chi connectivity index (χ1n) is 6.36. The van der Waals surface area contributed by atoms with Crippen LogP contribution < -0.4 is 15.2 Å². The van der Waals surface area contributed by atoms with Gasteiger partial charge < -0.3 is 19.9 Å². The van der Waals surface area contributed by atoms with Gasteiger partial charge >= 0.3 is 0 Å². The van der Waals surface area contributed by atoms with E-state index >= 15 is 0 Å². The number of hydrogen-bond donors (Lipinski definition) is 1. The van der Waals surface area contributed by atoms with Gasteiger partial charge in [-0.2, -0.15) is 0 Å². The van der Waals surface area contributed by atoms with E-state index in [4.69, 9.17) is 19.9 Å². The first-order chi connectivity index (χ1) is 9.52. The quantitative estimate of drug-likeness (QED) is 0.824. The molecule has 1 heterocycles. The van der Waals surface area contributed by atoms with Gasteiger partial charge in [0.25, 0.3) is 0 Å². The zero-order valence-electron chi connectivity index (χ0n) is 11.4. The lowest BCUT2D eigenvalue weighted by Gasteiger charge is -2.20. The van der Waals surface area contributed by atoms with Gasteiger partial charge in [-0.25, -0.2) is 8.42 Å². The number of sulfone groups is 1. The Morgan fingerprint density at radius 1 is 1.30 bits per heavy atom. The molecule has 2 N–H and O–H groups in total. The molecule has 112 valence electrons. The zero-order valence-corrected chi connectivity index (χ0v) is 12.2. The van der Waals surface area contributed by atoms with Gasteiger partial charge in [0.2, 0.25) is 0 Å². The van der Waals surface area contributed by atoms with Crippen LogP contribution in [0.3, 0.4) is 0 Å². The summed E-state index contributed by atoms with van der Waals surface area (Å²) in [6.45, 7) is 1.18. The molecule has 20 heavy (non-hydrogen) atoms. The van der Waals surface area contributed by atoms with E-state index in [1.165, 1.54) is 7.11 Å². The summed E-state index contributed by atoms with van der Waals surface area (Å²) in [6.07, 6.45) is 0. The normalized spacial score (nSPS) is 15.9. The largest absolute Gasteiger partial charge is 0.486 e. The van der Waals surface area contributed by atoms with Crippen molar-refractivity contribution < 1.29 is 22.6 Å². The number of rotatable bonds is 6. The maximum absolute atomic E-state index is 11.8. The molecule has 1 aromatic carbocycles. The van der Waals surface area contributed by atoms with E-state index in [-0.39, 0.29) is 18.1 Å². The predicted octanol–water partition coefficient (Wildman–Crippen LogP) is 0.519. The smallest absolute Gasteiger partial charge is 0.161 e. The second-order valence-electron chi connectivity index (χ2n) is 4.62. The second-order valence-corrected chi connectivity index (χ2v) is 6.85. The van der Waals surface area contributed by atoms with Crippen molar-refractivity contribution >= 4 is 9.84 Å². The van der Waals surface area contributed by atoms with Crippen LogP contribution in [0.15, 0.2) is 18.2 Å². The second kappa shape index (κ2) is 6.43. The Balaban J connectivity index is 2.07. The lowest BCUT2D eigenvalue weighted by molar-refractivity contribution is 0.171. The average molecular weight is 301 g/mol. The zero-order chi connectivity index (χ0) is 14.6. The minimum absolute atomic E-state index is 0.0260. The van der Waals surface area contributed by atoms with Crippen LogP contribution in [0.1, 0.15) is 11.6 Å². The fourth-order valence-corrected chi connectivity index (χ4v) is 3.28. The Kier molecular flexibility index (Phi) is 4.85. The maximum Gasteiger partial charge on any atom is 0.161 e. The summed E-state index contributed by atoms with van der Waals surface area (Å²) < 4.78 is 39.3. The summed E-state index contributed by atoms with van der Waals surface area (Å²) in [4.78, 5) is 0. The molecule has 0 fully saturated rings. The minimum Gasteiger partial charge on any atom is -0.486 e. The van der Waals surface area contributed by atoms with Gasteiger partial charge in [-0.05, 0) is 17.7 Å². The highest BCUT2D eigenvalue weighted by molar-refractivity contribution is 7.91. The van der Waals surface area contributed by atoms with Crippen molar-refractivity contribution in [2.75, 3.05) is 38.4 Å². The molecule has 7 heteroatoms. The number of ether oxygens (including phenoxy) is 3. The number of benzene rings is 1. The van der Waals surface area contributed by atoms with Crippen molar-refractivity contribution in [3.8, 4) is 11.5 Å². The molecule has 0 saturated heterocycles. The molecule has 0 aliphatic carbocycles. The number of nitrogens with two attached hydrogens (primary N) is 1.